The van der Waals surface area contributed by atoms with Gasteiger partial charge in [0.25, 0.3) is 22.5 Å². The number of aliphatic hydroxyl groups is 2. The van der Waals surface area contributed by atoms with Crippen molar-refractivity contribution >= 4 is 23.3 Å². The van der Waals surface area contributed by atoms with Gasteiger partial charge >= 0.3 is 35.4 Å². The van der Waals surface area contributed by atoms with E-state index in [-0.39, 0.29) is 11.4 Å². The van der Waals surface area contributed by atoms with Gasteiger partial charge in [0.05, 0.1) is 22.8 Å². The van der Waals surface area contributed by atoms with Crippen LogP contribution in [-0.2, 0) is 42.6 Å². The zero-order valence-corrected chi connectivity index (χ0v) is 27.5. The standard InChI is InChI=1S/C32H30N8O10/c1-17-21(25(41)39(37(17)5)19-13-9-7-10-14-19)33-35-23-27(43)47-31(3,48-28(23)44)32(4)49-29(45)24(30(46)50-32)36-34-22-18(2)38(6)40(26(22)42)20-15-11-8-12-16-20/h7-16,43,45H,1-6H3. The number of cyclic esters (lactones) is 2. The molecule has 0 radical (unpaired) electrons. The first-order valence-corrected chi connectivity index (χ1v) is 14.9. The minimum absolute atomic E-state index is 0.129. The normalized spacial score (nSPS) is 21.1. The summed E-state index contributed by atoms with van der Waals surface area (Å²) in [7, 11) is 3.27. The number of ether oxygens (including phenoxy) is 4. The summed E-state index contributed by atoms with van der Waals surface area (Å²) < 4.78 is 27.3. The highest BCUT2D eigenvalue weighted by atomic mass is 16.8. The Balaban J connectivity index is 1.25. The van der Waals surface area contributed by atoms with Gasteiger partial charge in [0.1, 0.15) is 0 Å². The third-order valence-corrected chi connectivity index (χ3v) is 8.32. The number of esters is 2. The van der Waals surface area contributed by atoms with Gasteiger partial charge in [0.2, 0.25) is 0 Å². The number of hydrogen-bond acceptors (Lipinski definition) is 14. The third-order valence-electron chi connectivity index (χ3n) is 8.32. The molecule has 0 bridgehead atoms. The van der Waals surface area contributed by atoms with Crippen LogP contribution < -0.4 is 11.1 Å². The van der Waals surface area contributed by atoms with Gasteiger partial charge in [-0.1, -0.05) is 36.4 Å². The molecule has 0 saturated carbocycles. The average Bonchev–Trinajstić information content (AvgIpc) is 3.41. The lowest BCUT2D eigenvalue weighted by molar-refractivity contribution is -0.375. The molecule has 258 valence electrons. The summed E-state index contributed by atoms with van der Waals surface area (Å²) in [5, 5.41) is 36.6. The van der Waals surface area contributed by atoms with Crippen LogP contribution in [0.5, 0.6) is 0 Å². The zero-order chi connectivity index (χ0) is 36.1. The molecule has 4 aromatic rings. The number of rotatable bonds is 7. The van der Waals surface area contributed by atoms with Crippen LogP contribution in [0.1, 0.15) is 25.2 Å². The van der Waals surface area contributed by atoms with Crippen molar-refractivity contribution in [2.24, 2.45) is 34.6 Å². The fourth-order valence-corrected chi connectivity index (χ4v) is 5.21. The molecule has 0 aliphatic carbocycles. The summed E-state index contributed by atoms with van der Waals surface area (Å²) in [5.74, 6) is -9.59. The Morgan fingerprint density at radius 1 is 0.560 bits per heavy atom. The SMILES string of the molecule is Cc1c(N=NC2=C(O)OC(C)(C3(C)OC(=O)C(N=Nc4c(C)n(C)n(-c5ccccc5)c4=O)=C(O)O3)OC2=O)c(=O)n(-c2ccccc2)n1C. The van der Waals surface area contributed by atoms with Crippen molar-refractivity contribution in [3.63, 3.8) is 0 Å². The van der Waals surface area contributed by atoms with E-state index in [1.54, 1.807) is 88.6 Å². The quantitative estimate of drug-likeness (QED) is 0.209. The van der Waals surface area contributed by atoms with Crippen LogP contribution in [0.3, 0.4) is 0 Å². The van der Waals surface area contributed by atoms with E-state index in [0.29, 0.717) is 22.8 Å². The first-order chi connectivity index (χ1) is 23.7. The summed E-state index contributed by atoms with van der Waals surface area (Å²) in [6.07, 6.45) is 0. The Morgan fingerprint density at radius 3 is 1.22 bits per heavy atom. The van der Waals surface area contributed by atoms with Crippen molar-refractivity contribution in [2.75, 3.05) is 0 Å². The van der Waals surface area contributed by atoms with Crippen LogP contribution >= 0.6 is 0 Å². The molecule has 2 aliphatic rings. The Hall–Kier alpha value is -6.72. The first-order valence-electron chi connectivity index (χ1n) is 14.9. The second-order valence-electron chi connectivity index (χ2n) is 11.4. The lowest BCUT2D eigenvalue weighted by Crippen LogP contribution is -2.61. The molecule has 0 fully saturated rings. The van der Waals surface area contributed by atoms with E-state index in [2.05, 4.69) is 20.5 Å². The van der Waals surface area contributed by atoms with Crippen LogP contribution in [0, 0.1) is 13.8 Å². The summed E-state index contributed by atoms with van der Waals surface area (Å²) in [6, 6.07) is 17.5. The largest absolute Gasteiger partial charge is 0.479 e. The Kier molecular flexibility index (Phi) is 8.01. The molecular weight excluding hydrogens is 656 g/mol. The number of aromatic nitrogens is 4. The fraction of sp³-hybridized carbons (Fsp3) is 0.250. The number of carbonyl (C=O) groups excluding carboxylic acids is 2. The number of azo groups is 2. The van der Waals surface area contributed by atoms with Crippen LogP contribution in [0.25, 0.3) is 11.4 Å². The van der Waals surface area contributed by atoms with Gasteiger partial charge in [-0.15, -0.1) is 20.5 Å². The molecular formula is C32H30N8O10. The smallest absolute Gasteiger partial charge is 0.369 e. The first kappa shape index (κ1) is 33.2. The summed E-state index contributed by atoms with van der Waals surface area (Å²) in [4.78, 5) is 52.5. The highest BCUT2D eigenvalue weighted by Crippen LogP contribution is 2.42. The van der Waals surface area contributed by atoms with E-state index in [9.17, 15) is 29.4 Å². The van der Waals surface area contributed by atoms with Crippen molar-refractivity contribution < 1.29 is 38.7 Å². The predicted octanol–water partition coefficient (Wildman–Crippen LogP) is 4.18. The number of hydrogen-bond donors (Lipinski definition) is 2. The van der Waals surface area contributed by atoms with Gasteiger partial charge in [-0.2, -0.15) is 0 Å². The number of nitrogens with zero attached hydrogens (tertiary/aromatic N) is 8. The van der Waals surface area contributed by atoms with Gasteiger partial charge in [0.15, 0.2) is 11.4 Å². The molecule has 2 N–H and O–H groups in total. The van der Waals surface area contributed by atoms with Gasteiger partial charge in [-0.3, -0.25) is 19.0 Å². The van der Waals surface area contributed by atoms with E-state index in [1.807, 2.05) is 0 Å². The molecule has 2 aliphatic heterocycles. The van der Waals surface area contributed by atoms with E-state index in [4.69, 9.17) is 18.9 Å². The van der Waals surface area contributed by atoms with Gasteiger partial charge < -0.3 is 29.2 Å². The van der Waals surface area contributed by atoms with Crippen molar-refractivity contribution in [1.82, 2.24) is 18.7 Å². The van der Waals surface area contributed by atoms with Crippen LogP contribution in [0.4, 0.5) is 11.4 Å². The van der Waals surface area contributed by atoms with Crippen molar-refractivity contribution in [3.8, 4) is 11.4 Å². The monoisotopic (exact) mass is 686 g/mol. The van der Waals surface area contributed by atoms with Crippen LogP contribution in [-0.4, -0.2) is 52.5 Å². The summed E-state index contributed by atoms with van der Waals surface area (Å²) >= 11 is 0. The third kappa shape index (κ3) is 5.31. The number of aliphatic hydroxyl groups excluding tert-OH is 2. The molecule has 4 heterocycles. The number of para-hydroxylation sites is 2. The number of benzene rings is 2. The molecule has 0 amide bonds. The van der Waals surface area contributed by atoms with Gasteiger partial charge in [-0.25, -0.2) is 19.0 Å². The van der Waals surface area contributed by atoms with E-state index in [1.165, 1.54) is 18.7 Å². The van der Waals surface area contributed by atoms with E-state index < -0.39 is 57.9 Å². The molecule has 2 unspecified atom stereocenters. The maximum absolute atomic E-state index is 13.2. The molecule has 2 atom stereocenters. The molecule has 18 nitrogen and oxygen atoms in total. The lowest BCUT2D eigenvalue weighted by atomic mass is 10.1. The maximum Gasteiger partial charge on any atom is 0.369 e. The summed E-state index contributed by atoms with van der Waals surface area (Å²) in [5.41, 5.74) is -1.07. The highest BCUT2D eigenvalue weighted by molar-refractivity contribution is 5.90. The second-order valence-corrected chi connectivity index (χ2v) is 11.4. The molecule has 18 heteroatoms. The lowest BCUT2D eigenvalue weighted by Gasteiger charge is -2.44. The minimum Gasteiger partial charge on any atom is -0.479 e. The number of carbonyl (C=O) groups is 2. The van der Waals surface area contributed by atoms with Crippen LogP contribution in [0.2, 0.25) is 0 Å². The summed E-state index contributed by atoms with van der Waals surface area (Å²) in [6.45, 7) is 5.39. The zero-order valence-electron chi connectivity index (χ0n) is 27.5. The second kappa shape index (κ2) is 12.1. The Bertz CT molecular complexity index is 2130. The Labute approximate surface area is 282 Å². The fourth-order valence-electron chi connectivity index (χ4n) is 5.21. The Morgan fingerprint density at radius 2 is 0.900 bits per heavy atom. The average molecular weight is 687 g/mol. The minimum atomic E-state index is -2.40. The molecule has 50 heavy (non-hydrogen) atoms. The van der Waals surface area contributed by atoms with E-state index in [0.717, 1.165) is 13.8 Å². The topological polar surface area (TPSA) is 215 Å². The molecule has 2 aromatic heterocycles. The molecule has 2 aromatic carbocycles. The van der Waals surface area contributed by atoms with Gasteiger partial charge in [0, 0.05) is 27.9 Å². The van der Waals surface area contributed by atoms with Gasteiger partial charge in [-0.05, 0) is 38.1 Å². The maximum atomic E-state index is 13.2. The molecule has 0 spiro atoms. The highest BCUT2D eigenvalue weighted by Gasteiger charge is 2.62. The van der Waals surface area contributed by atoms with Crippen molar-refractivity contribution in [3.05, 3.63) is 116 Å². The van der Waals surface area contributed by atoms with Crippen molar-refractivity contribution in [2.45, 2.75) is 39.3 Å². The molecule has 0 saturated heterocycles. The van der Waals surface area contributed by atoms with Crippen LogP contribution in [0.15, 0.2) is 114 Å². The molecule has 6 rings (SSSR count). The van der Waals surface area contributed by atoms with Crippen molar-refractivity contribution in [1.29, 1.82) is 0 Å². The predicted molar refractivity (Wildman–Crippen MR) is 171 cm³/mol. The van der Waals surface area contributed by atoms with E-state index >= 15 is 0 Å².